The summed E-state index contributed by atoms with van der Waals surface area (Å²) in [6, 6.07) is 23.5. The van der Waals surface area contributed by atoms with Crippen molar-refractivity contribution in [3.05, 3.63) is 111 Å². The summed E-state index contributed by atoms with van der Waals surface area (Å²) in [6.45, 7) is 3.20. The number of halogens is 1. The van der Waals surface area contributed by atoms with E-state index in [4.69, 9.17) is 26.1 Å². The number of carboxylic acid groups (broad SMARTS) is 1. The van der Waals surface area contributed by atoms with Crippen molar-refractivity contribution in [2.45, 2.75) is 38.4 Å². The Hall–Kier alpha value is -3.51. The third-order valence-corrected chi connectivity index (χ3v) is 7.18. The topological polar surface area (TPSA) is 68.7 Å². The Kier molecular flexibility index (Phi) is 7.89. The van der Waals surface area contributed by atoms with E-state index in [1.165, 1.54) is 0 Å². The van der Waals surface area contributed by atoms with E-state index in [2.05, 4.69) is 6.07 Å². The van der Waals surface area contributed by atoms with Gasteiger partial charge in [0.15, 0.2) is 5.79 Å². The first-order chi connectivity index (χ1) is 18.5. The Labute approximate surface area is 227 Å². The Bertz CT molecular complexity index is 1490. The maximum absolute atomic E-state index is 11.9. The molecule has 1 fully saturated rings. The first-order valence-electron chi connectivity index (χ1n) is 12.9. The summed E-state index contributed by atoms with van der Waals surface area (Å²) in [6.07, 6.45) is 6.64. The van der Waals surface area contributed by atoms with Gasteiger partial charge in [-0.1, -0.05) is 67.1 Å². The van der Waals surface area contributed by atoms with Crippen LogP contribution in [0.2, 0.25) is 5.02 Å². The molecule has 1 aliphatic rings. The van der Waals surface area contributed by atoms with Crippen LogP contribution in [0.5, 0.6) is 0 Å². The molecule has 194 valence electrons. The molecule has 2 heterocycles. The van der Waals surface area contributed by atoms with E-state index in [1.807, 2.05) is 79.7 Å². The number of fused-ring (bicyclic) bond motifs is 1. The van der Waals surface area contributed by atoms with Crippen LogP contribution < -0.4 is 0 Å². The molecule has 0 unspecified atom stereocenters. The highest BCUT2D eigenvalue weighted by Crippen LogP contribution is 2.36. The van der Waals surface area contributed by atoms with E-state index in [-0.39, 0.29) is 0 Å². The Morgan fingerprint density at radius 2 is 1.84 bits per heavy atom. The zero-order valence-corrected chi connectivity index (χ0v) is 22.1. The number of aryl methyl sites for hydroxylation is 2. The number of pyridine rings is 1. The number of carbonyl (C=O) groups is 1. The SMILES string of the molecule is CCc1ccc(CCC2(c3cccc(/C=C/c4ccc5ccc(Cl)cc5n4)c3)OCCCO2)c(C(=O)O)c1. The normalized spacial score (nSPS) is 15.2. The summed E-state index contributed by atoms with van der Waals surface area (Å²) in [4.78, 5) is 16.6. The minimum absolute atomic E-state index is 0.344. The second kappa shape index (κ2) is 11.5. The van der Waals surface area contributed by atoms with Gasteiger partial charge in [0.25, 0.3) is 0 Å². The van der Waals surface area contributed by atoms with Crippen molar-refractivity contribution in [2.75, 3.05) is 13.2 Å². The van der Waals surface area contributed by atoms with Crippen LogP contribution in [0.3, 0.4) is 0 Å². The molecule has 38 heavy (non-hydrogen) atoms. The average molecular weight is 528 g/mol. The molecule has 1 N–H and O–H groups in total. The van der Waals surface area contributed by atoms with Gasteiger partial charge in [-0.15, -0.1) is 0 Å². The second-order valence-electron chi connectivity index (χ2n) is 9.49. The fourth-order valence-corrected chi connectivity index (χ4v) is 5.02. The van der Waals surface area contributed by atoms with Crippen LogP contribution in [0.25, 0.3) is 23.1 Å². The van der Waals surface area contributed by atoms with Crippen LogP contribution in [0.1, 0.15) is 58.1 Å². The molecule has 0 saturated carbocycles. The highest BCUT2D eigenvalue weighted by molar-refractivity contribution is 6.31. The summed E-state index contributed by atoms with van der Waals surface area (Å²) in [5.41, 5.74) is 5.73. The number of benzene rings is 3. The van der Waals surface area contributed by atoms with Gasteiger partial charge in [0.05, 0.1) is 30.0 Å². The lowest BCUT2D eigenvalue weighted by atomic mass is 9.92. The molecule has 6 heteroatoms. The molecule has 0 atom stereocenters. The van der Waals surface area contributed by atoms with Crippen molar-refractivity contribution >= 4 is 40.6 Å². The minimum Gasteiger partial charge on any atom is -0.478 e. The third kappa shape index (κ3) is 5.81. The number of hydrogen-bond donors (Lipinski definition) is 1. The van der Waals surface area contributed by atoms with Crippen LogP contribution in [0.4, 0.5) is 0 Å². The molecule has 0 bridgehead atoms. The second-order valence-corrected chi connectivity index (χ2v) is 9.92. The van der Waals surface area contributed by atoms with E-state index >= 15 is 0 Å². The third-order valence-electron chi connectivity index (χ3n) is 6.94. The van der Waals surface area contributed by atoms with E-state index in [1.54, 1.807) is 6.07 Å². The minimum atomic E-state index is -0.931. The smallest absolute Gasteiger partial charge is 0.335 e. The quantitative estimate of drug-likeness (QED) is 0.256. The van der Waals surface area contributed by atoms with E-state index in [0.717, 1.165) is 51.7 Å². The zero-order chi connectivity index (χ0) is 26.5. The number of aromatic carboxylic acids is 1. The summed E-state index contributed by atoms with van der Waals surface area (Å²) < 4.78 is 12.6. The van der Waals surface area contributed by atoms with Crippen molar-refractivity contribution in [1.29, 1.82) is 0 Å². The van der Waals surface area contributed by atoms with Gasteiger partial charge in [-0.25, -0.2) is 9.78 Å². The fourth-order valence-electron chi connectivity index (χ4n) is 4.85. The van der Waals surface area contributed by atoms with Gasteiger partial charge in [-0.05, 0) is 72.4 Å². The molecule has 0 spiro atoms. The van der Waals surface area contributed by atoms with Crippen molar-refractivity contribution in [3.8, 4) is 0 Å². The molecular weight excluding hydrogens is 498 g/mol. The Balaban J connectivity index is 1.40. The summed E-state index contributed by atoms with van der Waals surface area (Å²) in [5.74, 6) is -1.84. The standard InChI is InChI=1S/C32H30ClNO4/c1-2-22-7-9-24(29(20-22)31(35)36)15-16-32(37-17-4-18-38-32)26-6-3-5-23(19-26)8-13-28-14-11-25-10-12-27(33)21-30(25)34-28/h3,5-14,19-21H,2,4,15-18H2,1H3,(H,35,36)/b13-8+. The maximum atomic E-state index is 11.9. The monoisotopic (exact) mass is 527 g/mol. The van der Waals surface area contributed by atoms with Gasteiger partial charge in [0.2, 0.25) is 0 Å². The van der Waals surface area contributed by atoms with Gasteiger partial charge >= 0.3 is 5.97 Å². The molecule has 0 aliphatic carbocycles. The molecule has 1 saturated heterocycles. The molecule has 3 aromatic carbocycles. The Morgan fingerprint density at radius 3 is 2.63 bits per heavy atom. The largest absolute Gasteiger partial charge is 0.478 e. The first-order valence-corrected chi connectivity index (χ1v) is 13.3. The van der Waals surface area contributed by atoms with E-state index in [9.17, 15) is 9.90 Å². The van der Waals surface area contributed by atoms with Crippen LogP contribution in [0, 0.1) is 0 Å². The summed E-state index contributed by atoms with van der Waals surface area (Å²) in [7, 11) is 0. The molecule has 0 radical (unpaired) electrons. The van der Waals surface area contributed by atoms with Crippen LogP contribution in [-0.4, -0.2) is 29.3 Å². The maximum Gasteiger partial charge on any atom is 0.335 e. The van der Waals surface area contributed by atoms with Crippen LogP contribution >= 0.6 is 11.6 Å². The van der Waals surface area contributed by atoms with Gasteiger partial charge in [0, 0.05) is 22.4 Å². The van der Waals surface area contributed by atoms with Gasteiger partial charge in [-0.2, -0.15) is 0 Å². The molecular formula is C32H30ClNO4. The molecule has 1 aromatic heterocycles. The lowest BCUT2D eigenvalue weighted by Gasteiger charge is -2.38. The van der Waals surface area contributed by atoms with E-state index < -0.39 is 11.8 Å². The lowest BCUT2D eigenvalue weighted by molar-refractivity contribution is -0.279. The Morgan fingerprint density at radius 1 is 1.03 bits per heavy atom. The number of aromatic nitrogens is 1. The molecule has 5 rings (SSSR count). The average Bonchev–Trinajstić information content (AvgIpc) is 2.95. The molecule has 5 nitrogen and oxygen atoms in total. The van der Waals surface area contributed by atoms with Gasteiger partial charge < -0.3 is 14.6 Å². The number of carboxylic acids is 1. The number of ether oxygens (including phenoxy) is 2. The number of rotatable bonds is 8. The lowest BCUT2D eigenvalue weighted by Crippen LogP contribution is -2.38. The fraction of sp³-hybridized carbons (Fsp3) is 0.250. The van der Waals surface area contributed by atoms with Crippen molar-refractivity contribution in [3.63, 3.8) is 0 Å². The van der Waals surface area contributed by atoms with Crippen LogP contribution in [-0.2, 0) is 28.1 Å². The zero-order valence-electron chi connectivity index (χ0n) is 21.3. The van der Waals surface area contributed by atoms with Crippen LogP contribution in [0.15, 0.2) is 72.8 Å². The van der Waals surface area contributed by atoms with Gasteiger partial charge in [-0.3, -0.25) is 0 Å². The first kappa shape index (κ1) is 26.1. The molecule has 4 aromatic rings. The molecule has 0 amide bonds. The van der Waals surface area contributed by atoms with Gasteiger partial charge in [0.1, 0.15) is 0 Å². The predicted octanol–water partition coefficient (Wildman–Crippen LogP) is 7.54. The van der Waals surface area contributed by atoms with Crippen molar-refractivity contribution in [2.24, 2.45) is 0 Å². The van der Waals surface area contributed by atoms with Crippen molar-refractivity contribution < 1.29 is 19.4 Å². The summed E-state index contributed by atoms with van der Waals surface area (Å²) >= 11 is 6.14. The van der Waals surface area contributed by atoms with E-state index in [0.29, 0.717) is 36.6 Å². The number of hydrogen-bond acceptors (Lipinski definition) is 4. The van der Waals surface area contributed by atoms with Crippen molar-refractivity contribution in [1.82, 2.24) is 4.98 Å². The highest BCUT2D eigenvalue weighted by Gasteiger charge is 2.37. The number of nitrogens with zero attached hydrogens (tertiary/aromatic N) is 1. The molecule has 1 aliphatic heterocycles. The predicted molar refractivity (Wildman–Crippen MR) is 151 cm³/mol. The highest BCUT2D eigenvalue weighted by atomic mass is 35.5. The summed E-state index contributed by atoms with van der Waals surface area (Å²) in [5, 5.41) is 11.5.